The molecular formula is C22H35ClN2O3. The van der Waals surface area contributed by atoms with Gasteiger partial charge in [-0.15, -0.1) is 0 Å². The van der Waals surface area contributed by atoms with Gasteiger partial charge in [-0.05, 0) is 62.9 Å². The first kappa shape index (κ1) is 23.0. The van der Waals surface area contributed by atoms with Crippen LogP contribution < -0.4 is 15.4 Å². The Bertz CT molecular complexity index is 575. The fraction of sp³-hybridized carbons (Fsp3) is 0.682. The summed E-state index contributed by atoms with van der Waals surface area (Å²) in [5, 5.41) is 15.5. The van der Waals surface area contributed by atoms with Crippen molar-refractivity contribution in [1.82, 2.24) is 10.6 Å². The molecule has 1 fully saturated rings. The van der Waals surface area contributed by atoms with Crippen LogP contribution in [0.15, 0.2) is 18.2 Å². The van der Waals surface area contributed by atoms with Gasteiger partial charge in [0.15, 0.2) is 0 Å². The van der Waals surface area contributed by atoms with Crippen molar-refractivity contribution in [1.29, 1.82) is 0 Å². The van der Waals surface area contributed by atoms with E-state index in [-0.39, 0.29) is 12.5 Å². The molecule has 1 aromatic carbocycles. The molecule has 1 amide bonds. The average Bonchev–Trinajstić information content (AvgIpc) is 2.67. The molecule has 158 valence electrons. The number of aliphatic hydroxyl groups is 1. The number of carbonyl (C=O) groups excluding carboxylic acids is 1. The van der Waals surface area contributed by atoms with Crippen molar-refractivity contribution in [3.8, 4) is 5.75 Å². The second kappa shape index (κ2) is 13.8. The number of rotatable bonds is 11. The van der Waals surface area contributed by atoms with Crippen LogP contribution >= 0.6 is 11.6 Å². The largest absolute Gasteiger partial charge is 0.494 e. The fourth-order valence-electron chi connectivity index (χ4n) is 3.56. The van der Waals surface area contributed by atoms with Gasteiger partial charge in [-0.3, -0.25) is 4.79 Å². The Morgan fingerprint density at radius 2 is 1.82 bits per heavy atom. The molecule has 0 saturated heterocycles. The molecule has 0 bridgehead atoms. The molecule has 0 unspecified atom stereocenters. The highest BCUT2D eigenvalue weighted by atomic mass is 35.5. The monoisotopic (exact) mass is 410 g/mol. The van der Waals surface area contributed by atoms with Crippen molar-refractivity contribution >= 4 is 17.5 Å². The van der Waals surface area contributed by atoms with Gasteiger partial charge in [-0.25, -0.2) is 0 Å². The number of aliphatic hydroxyl groups excluding tert-OH is 1. The first-order chi connectivity index (χ1) is 13.7. The van der Waals surface area contributed by atoms with Gasteiger partial charge in [0.1, 0.15) is 5.75 Å². The summed E-state index contributed by atoms with van der Waals surface area (Å²) < 4.78 is 5.76. The summed E-state index contributed by atoms with van der Waals surface area (Å²) >= 11 is 6.25. The molecule has 0 atom stereocenters. The molecule has 6 heteroatoms. The van der Waals surface area contributed by atoms with Gasteiger partial charge in [0, 0.05) is 13.2 Å². The molecular weight excluding hydrogens is 376 g/mol. The molecule has 2 rings (SSSR count). The van der Waals surface area contributed by atoms with Gasteiger partial charge >= 0.3 is 0 Å². The maximum atomic E-state index is 12.6. The van der Waals surface area contributed by atoms with Gasteiger partial charge in [-0.1, -0.05) is 43.7 Å². The Balaban J connectivity index is 1.76. The summed E-state index contributed by atoms with van der Waals surface area (Å²) in [6.07, 6.45) is 10.5. The average molecular weight is 411 g/mol. The van der Waals surface area contributed by atoms with Crippen LogP contribution in [-0.2, 0) is 0 Å². The lowest BCUT2D eigenvalue weighted by molar-refractivity contribution is 0.0944. The third kappa shape index (κ3) is 8.80. The highest BCUT2D eigenvalue weighted by Gasteiger charge is 2.16. The number of nitrogens with one attached hydrogen (secondary N) is 2. The number of benzene rings is 1. The molecule has 3 N–H and O–H groups in total. The number of ether oxygens (including phenoxy) is 1. The van der Waals surface area contributed by atoms with Crippen LogP contribution in [0.1, 0.15) is 68.1 Å². The quantitative estimate of drug-likeness (QED) is 0.479. The highest BCUT2D eigenvalue weighted by molar-refractivity contribution is 6.33. The van der Waals surface area contributed by atoms with E-state index < -0.39 is 0 Å². The summed E-state index contributed by atoms with van der Waals surface area (Å²) in [4.78, 5) is 12.6. The van der Waals surface area contributed by atoms with Crippen LogP contribution in [0.4, 0.5) is 0 Å². The summed E-state index contributed by atoms with van der Waals surface area (Å²) in [6.45, 7) is 3.14. The maximum Gasteiger partial charge on any atom is 0.252 e. The zero-order valence-electron chi connectivity index (χ0n) is 16.9. The smallest absolute Gasteiger partial charge is 0.252 e. The first-order valence-electron chi connectivity index (χ1n) is 10.7. The molecule has 5 nitrogen and oxygen atoms in total. The molecule has 1 aliphatic rings. The Kier molecular flexibility index (Phi) is 11.3. The van der Waals surface area contributed by atoms with Crippen molar-refractivity contribution in [3.63, 3.8) is 0 Å². The summed E-state index contributed by atoms with van der Waals surface area (Å²) in [6, 6.07) is 5.25. The normalized spacial score (nSPS) is 15.6. The van der Waals surface area contributed by atoms with E-state index in [2.05, 4.69) is 10.6 Å². The molecule has 1 aliphatic carbocycles. The van der Waals surface area contributed by atoms with E-state index in [4.69, 9.17) is 21.4 Å². The Labute approximate surface area is 174 Å². The topological polar surface area (TPSA) is 70.6 Å². The Morgan fingerprint density at radius 3 is 2.57 bits per heavy atom. The van der Waals surface area contributed by atoms with E-state index in [0.717, 1.165) is 32.5 Å². The molecule has 0 radical (unpaired) electrons. The van der Waals surface area contributed by atoms with Gasteiger partial charge in [0.25, 0.3) is 5.91 Å². The maximum absolute atomic E-state index is 12.6. The highest BCUT2D eigenvalue weighted by Crippen LogP contribution is 2.24. The second-order valence-electron chi connectivity index (χ2n) is 7.59. The summed E-state index contributed by atoms with van der Waals surface area (Å²) in [5.74, 6) is 1.11. The number of hydrogen-bond donors (Lipinski definition) is 3. The summed E-state index contributed by atoms with van der Waals surface area (Å²) in [5.41, 5.74) is 0.478. The van der Waals surface area contributed by atoms with Crippen molar-refractivity contribution in [3.05, 3.63) is 28.8 Å². The fourth-order valence-corrected chi connectivity index (χ4v) is 3.76. The minimum atomic E-state index is -0.122. The Morgan fingerprint density at radius 1 is 1.11 bits per heavy atom. The van der Waals surface area contributed by atoms with Crippen LogP contribution in [-0.4, -0.2) is 43.9 Å². The molecule has 1 aromatic rings. The molecule has 0 heterocycles. The van der Waals surface area contributed by atoms with E-state index >= 15 is 0 Å². The molecule has 28 heavy (non-hydrogen) atoms. The third-order valence-electron chi connectivity index (χ3n) is 5.24. The van der Waals surface area contributed by atoms with Gasteiger partial charge in [0.2, 0.25) is 0 Å². The third-order valence-corrected chi connectivity index (χ3v) is 5.57. The zero-order valence-corrected chi connectivity index (χ0v) is 17.6. The molecule has 0 aliphatic heterocycles. The number of carbonyl (C=O) groups is 1. The van der Waals surface area contributed by atoms with Crippen LogP contribution in [0.5, 0.6) is 5.75 Å². The lowest BCUT2D eigenvalue weighted by Gasteiger charge is -2.20. The Hall–Kier alpha value is -1.30. The van der Waals surface area contributed by atoms with Crippen molar-refractivity contribution < 1.29 is 14.6 Å². The van der Waals surface area contributed by atoms with E-state index in [1.54, 1.807) is 18.2 Å². The predicted octanol–water partition coefficient (Wildman–Crippen LogP) is 4.17. The van der Waals surface area contributed by atoms with E-state index in [9.17, 15) is 4.79 Å². The first-order valence-corrected chi connectivity index (χ1v) is 11.1. The van der Waals surface area contributed by atoms with Crippen LogP contribution in [0.2, 0.25) is 5.02 Å². The number of halogens is 1. The van der Waals surface area contributed by atoms with Crippen LogP contribution in [0.25, 0.3) is 0 Å². The molecule has 0 spiro atoms. The predicted molar refractivity (Wildman–Crippen MR) is 114 cm³/mol. The number of amides is 1. The van der Waals surface area contributed by atoms with Crippen LogP contribution in [0, 0.1) is 5.92 Å². The van der Waals surface area contributed by atoms with Crippen molar-refractivity contribution in [2.75, 3.05) is 32.8 Å². The second-order valence-corrected chi connectivity index (χ2v) is 8.00. The van der Waals surface area contributed by atoms with Crippen molar-refractivity contribution in [2.24, 2.45) is 5.92 Å². The molecule has 0 aromatic heterocycles. The lowest BCUT2D eigenvalue weighted by Crippen LogP contribution is -2.30. The SMILES string of the molecule is O=C(NCC1CCCCCCC1)c1cc(OCCCNCCCO)ccc1Cl. The minimum absolute atomic E-state index is 0.122. The zero-order chi connectivity index (χ0) is 20.0. The number of hydrogen-bond acceptors (Lipinski definition) is 4. The van der Waals surface area contributed by atoms with E-state index in [1.165, 1.54) is 44.9 Å². The minimum Gasteiger partial charge on any atom is -0.494 e. The van der Waals surface area contributed by atoms with E-state index in [1.807, 2.05) is 0 Å². The standard InChI is InChI=1S/C22H35ClN2O3/c23-21-11-10-19(28-15-7-13-24-12-6-14-26)16-20(21)22(27)25-17-18-8-4-2-1-3-5-9-18/h10-11,16,18,24,26H,1-9,12-15,17H2,(H,25,27). The summed E-state index contributed by atoms with van der Waals surface area (Å²) in [7, 11) is 0. The van der Waals surface area contributed by atoms with Crippen molar-refractivity contribution in [2.45, 2.75) is 57.8 Å². The van der Waals surface area contributed by atoms with Gasteiger partial charge in [-0.2, -0.15) is 0 Å². The molecule has 1 saturated carbocycles. The van der Waals surface area contributed by atoms with E-state index in [0.29, 0.717) is 28.9 Å². The van der Waals surface area contributed by atoms with Crippen LogP contribution in [0.3, 0.4) is 0 Å². The van der Waals surface area contributed by atoms with Gasteiger partial charge < -0.3 is 20.5 Å². The van der Waals surface area contributed by atoms with Gasteiger partial charge in [0.05, 0.1) is 17.2 Å². The lowest BCUT2D eigenvalue weighted by atomic mass is 9.91.